The van der Waals surface area contributed by atoms with Crippen molar-refractivity contribution in [2.45, 2.75) is 19.9 Å². The summed E-state index contributed by atoms with van der Waals surface area (Å²) in [6, 6.07) is 3.57. The molecule has 0 spiro atoms. The quantitative estimate of drug-likeness (QED) is 0.728. The van der Waals surface area contributed by atoms with Gasteiger partial charge in [0, 0.05) is 12.7 Å². The van der Waals surface area contributed by atoms with Crippen LogP contribution in [0.15, 0.2) is 23.1 Å². The summed E-state index contributed by atoms with van der Waals surface area (Å²) in [6.45, 7) is 4.11. The SMILES string of the molecule is CCOc1cccn(CCCN(C)C)c1=O. The molecule has 0 atom stereocenters. The van der Waals surface area contributed by atoms with Crippen molar-refractivity contribution in [3.8, 4) is 5.75 Å². The molecule has 0 saturated carbocycles. The van der Waals surface area contributed by atoms with Crippen molar-refractivity contribution in [3.63, 3.8) is 0 Å². The van der Waals surface area contributed by atoms with E-state index in [4.69, 9.17) is 4.74 Å². The third kappa shape index (κ3) is 3.70. The van der Waals surface area contributed by atoms with Gasteiger partial charge in [0.05, 0.1) is 6.61 Å². The Kier molecular flexibility index (Phi) is 5.05. The second-order valence-electron chi connectivity index (χ2n) is 3.96. The van der Waals surface area contributed by atoms with Crippen LogP contribution in [0.4, 0.5) is 0 Å². The Morgan fingerprint density at radius 3 is 2.81 bits per heavy atom. The number of hydrogen-bond donors (Lipinski definition) is 0. The molecule has 0 unspecified atom stereocenters. The molecule has 0 radical (unpaired) electrons. The molecule has 0 N–H and O–H groups in total. The van der Waals surface area contributed by atoms with Gasteiger partial charge in [0.25, 0.3) is 5.56 Å². The lowest BCUT2D eigenvalue weighted by Crippen LogP contribution is -2.23. The first kappa shape index (κ1) is 12.8. The van der Waals surface area contributed by atoms with Crippen LogP contribution in [-0.4, -0.2) is 36.7 Å². The van der Waals surface area contributed by atoms with Gasteiger partial charge in [-0.3, -0.25) is 4.79 Å². The fourth-order valence-corrected chi connectivity index (χ4v) is 1.51. The molecular formula is C12H20N2O2. The molecule has 0 amide bonds. The molecule has 16 heavy (non-hydrogen) atoms. The van der Waals surface area contributed by atoms with Gasteiger partial charge >= 0.3 is 0 Å². The van der Waals surface area contributed by atoms with Crippen LogP contribution < -0.4 is 10.3 Å². The third-order valence-electron chi connectivity index (χ3n) is 2.29. The van der Waals surface area contributed by atoms with Crippen molar-refractivity contribution in [2.75, 3.05) is 27.2 Å². The minimum atomic E-state index is -0.0388. The van der Waals surface area contributed by atoms with Crippen molar-refractivity contribution in [1.82, 2.24) is 9.47 Å². The van der Waals surface area contributed by atoms with Crippen LogP contribution in [0.25, 0.3) is 0 Å². The first-order chi connectivity index (χ1) is 7.65. The smallest absolute Gasteiger partial charge is 0.292 e. The van der Waals surface area contributed by atoms with E-state index in [9.17, 15) is 4.79 Å². The van der Waals surface area contributed by atoms with Gasteiger partial charge in [0.1, 0.15) is 0 Å². The van der Waals surface area contributed by atoms with Gasteiger partial charge in [-0.1, -0.05) is 0 Å². The van der Waals surface area contributed by atoms with Gasteiger partial charge in [0.15, 0.2) is 5.75 Å². The summed E-state index contributed by atoms with van der Waals surface area (Å²) in [7, 11) is 4.05. The summed E-state index contributed by atoms with van der Waals surface area (Å²) in [5.74, 6) is 0.440. The fraction of sp³-hybridized carbons (Fsp3) is 0.583. The number of ether oxygens (including phenoxy) is 1. The Morgan fingerprint density at radius 1 is 1.44 bits per heavy atom. The minimum Gasteiger partial charge on any atom is -0.488 e. The minimum absolute atomic E-state index is 0.0388. The molecule has 1 heterocycles. The lowest BCUT2D eigenvalue weighted by molar-refractivity contribution is 0.330. The third-order valence-corrected chi connectivity index (χ3v) is 2.29. The standard InChI is InChI=1S/C12H20N2O2/c1-4-16-11-7-5-9-14(12(11)15)10-6-8-13(2)3/h5,7,9H,4,6,8,10H2,1-3H3. The summed E-state index contributed by atoms with van der Waals surface area (Å²) in [4.78, 5) is 14.0. The van der Waals surface area contributed by atoms with E-state index in [2.05, 4.69) is 4.90 Å². The number of hydrogen-bond acceptors (Lipinski definition) is 3. The number of aryl methyl sites for hydroxylation is 1. The van der Waals surface area contributed by atoms with Crippen LogP contribution in [0.1, 0.15) is 13.3 Å². The van der Waals surface area contributed by atoms with Gasteiger partial charge in [0.2, 0.25) is 0 Å². The maximum Gasteiger partial charge on any atom is 0.292 e. The summed E-state index contributed by atoms with van der Waals surface area (Å²) in [5, 5.41) is 0. The molecule has 1 aromatic rings. The van der Waals surface area contributed by atoms with Crippen LogP contribution in [0, 0.1) is 0 Å². The maximum absolute atomic E-state index is 11.9. The monoisotopic (exact) mass is 224 g/mol. The molecule has 0 aliphatic rings. The van der Waals surface area contributed by atoms with Crippen LogP contribution in [0.3, 0.4) is 0 Å². The molecule has 0 fully saturated rings. The van der Waals surface area contributed by atoms with Crippen molar-refractivity contribution < 1.29 is 4.74 Å². The Balaban J connectivity index is 2.66. The van der Waals surface area contributed by atoms with Crippen LogP contribution >= 0.6 is 0 Å². The van der Waals surface area contributed by atoms with Crippen LogP contribution in [0.5, 0.6) is 5.75 Å². The normalized spacial score (nSPS) is 10.8. The Labute approximate surface area is 96.5 Å². The average Bonchev–Trinajstić information content (AvgIpc) is 2.23. The lowest BCUT2D eigenvalue weighted by atomic mass is 10.3. The van der Waals surface area contributed by atoms with Crippen molar-refractivity contribution in [1.29, 1.82) is 0 Å². The second-order valence-corrected chi connectivity index (χ2v) is 3.96. The number of aromatic nitrogens is 1. The molecule has 0 aliphatic heterocycles. The highest BCUT2D eigenvalue weighted by Crippen LogP contribution is 2.02. The molecule has 0 saturated heterocycles. The summed E-state index contributed by atoms with van der Waals surface area (Å²) < 4.78 is 6.96. The molecule has 0 bridgehead atoms. The van der Waals surface area contributed by atoms with Crippen LogP contribution in [0.2, 0.25) is 0 Å². The van der Waals surface area contributed by atoms with Crippen LogP contribution in [-0.2, 0) is 6.54 Å². The van der Waals surface area contributed by atoms with E-state index in [-0.39, 0.29) is 5.56 Å². The van der Waals surface area contributed by atoms with E-state index in [1.807, 2.05) is 27.1 Å². The fourth-order valence-electron chi connectivity index (χ4n) is 1.51. The lowest BCUT2D eigenvalue weighted by Gasteiger charge is -2.11. The topological polar surface area (TPSA) is 34.5 Å². The summed E-state index contributed by atoms with van der Waals surface area (Å²) in [6.07, 6.45) is 2.77. The predicted molar refractivity (Wildman–Crippen MR) is 65.0 cm³/mol. The molecule has 0 aromatic carbocycles. The Morgan fingerprint density at radius 2 is 2.19 bits per heavy atom. The molecule has 90 valence electrons. The van der Waals surface area contributed by atoms with Gasteiger partial charge in [-0.25, -0.2) is 0 Å². The molecular weight excluding hydrogens is 204 g/mol. The van der Waals surface area contributed by atoms with Gasteiger partial charge in [-0.05, 0) is 46.1 Å². The molecule has 4 nitrogen and oxygen atoms in total. The summed E-state index contributed by atoms with van der Waals surface area (Å²) in [5.41, 5.74) is -0.0388. The Bertz CT molecular complexity index is 372. The number of rotatable bonds is 6. The molecule has 0 aliphatic carbocycles. The number of nitrogens with zero attached hydrogens (tertiary/aromatic N) is 2. The van der Waals surface area contributed by atoms with E-state index in [1.165, 1.54) is 0 Å². The predicted octanol–water partition coefficient (Wildman–Crippen LogP) is 1.20. The highest BCUT2D eigenvalue weighted by molar-refractivity contribution is 5.17. The molecule has 1 aromatic heterocycles. The zero-order chi connectivity index (χ0) is 12.0. The summed E-state index contributed by atoms with van der Waals surface area (Å²) >= 11 is 0. The largest absolute Gasteiger partial charge is 0.488 e. The van der Waals surface area contributed by atoms with Crippen molar-refractivity contribution >= 4 is 0 Å². The zero-order valence-corrected chi connectivity index (χ0v) is 10.3. The van der Waals surface area contributed by atoms with E-state index in [0.717, 1.165) is 19.5 Å². The van der Waals surface area contributed by atoms with E-state index < -0.39 is 0 Å². The maximum atomic E-state index is 11.9. The van der Waals surface area contributed by atoms with Crippen molar-refractivity contribution in [3.05, 3.63) is 28.7 Å². The number of pyridine rings is 1. The molecule has 4 heteroatoms. The van der Waals surface area contributed by atoms with E-state index >= 15 is 0 Å². The second kappa shape index (κ2) is 6.33. The highest BCUT2D eigenvalue weighted by Gasteiger charge is 2.03. The van der Waals surface area contributed by atoms with E-state index in [0.29, 0.717) is 12.4 Å². The first-order valence-corrected chi connectivity index (χ1v) is 5.62. The average molecular weight is 224 g/mol. The highest BCUT2D eigenvalue weighted by atomic mass is 16.5. The molecule has 1 rings (SSSR count). The van der Waals surface area contributed by atoms with Gasteiger partial charge in [-0.2, -0.15) is 0 Å². The van der Waals surface area contributed by atoms with Gasteiger partial charge < -0.3 is 14.2 Å². The first-order valence-electron chi connectivity index (χ1n) is 5.62. The Hall–Kier alpha value is -1.29. The van der Waals surface area contributed by atoms with E-state index in [1.54, 1.807) is 16.8 Å². The zero-order valence-electron chi connectivity index (χ0n) is 10.3. The van der Waals surface area contributed by atoms with Crippen molar-refractivity contribution in [2.24, 2.45) is 0 Å². The van der Waals surface area contributed by atoms with Gasteiger partial charge in [-0.15, -0.1) is 0 Å².